The number of H-pyrrole nitrogens is 1. The summed E-state index contributed by atoms with van der Waals surface area (Å²) in [5.74, 6) is -1.68. The summed E-state index contributed by atoms with van der Waals surface area (Å²) in [4.78, 5) is 61.7. The van der Waals surface area contributed by atoms with Crippen LogP contribution in [0.3, 0.4) is 0 Å². The molecule has 0 radical (unpaired) electrons. The number of imidazole rings is 1. The number of aromatic nitrogens is 5. The Morgan fingerprint density at radius 1 is 1.23 bits per heavy atom. The first kappa shape index (κ1) is 30.7. The van der Waals surface area contributed by atoms with Crippen LogP contribution in [0, 0.1) is 0 Å². The number of ether oxygens (including phenoxy) is 5. The van der Waals surface area contributed by atoms with E-state index in [0.717, 1.165) is 0 Å². The van der Waals surface area contributed by atoms with Crippen molar-refractivity contribution in [1.29, 1.82) is 0 Å². The number of carbonyl (C=O) groups excluding carboxylic acids is 2. The average Bonchev–Trinajstić information content (AvgIpc) is 3.51. The molecule has 0 unspecified atom stereocenters. The predicted octanol–water partition coefficient (Wildman–Crippen LogP) is 1.18. The molecule has 2 aliphatic rings. The van der Waals surface area contributed by atoms with Gasteiger partial charge >= 0.3 is 17.8 Å². The van der Waals surface area contributed by atoms with Gasteiger partial charge in [-0.05, 0) is 46.8 Å². The summed E-state index contributed by atoms with van der Waals surface area (Å²) in [5.41, 5.74) is 8.97. The van der Waals surface area contributed by atoms with E-state index in [9.17, 15) is 19.2 Å². The van der Waals surface area contributed by atoms with Crippen molar-refractivity contribution < 1.29 is 33.3 Å². The Morgan fingerprint density at radius 2 is 1.95 bits per heavy atom. The second kappa shape index (κ2) is 11.4. The lowest BCUT2D eigenvalue weighted by Gasteiger charge is -2.24. The number of pyridine rings is 1. The lowest BCUT2D eigenvalue weighted by Crippen LogP contribution is -2.36. The topological polar surface area (TPSA) is 216 Å². The molecule has 17 nitrogen and oxygen atoms in total. The first-order valence-corrected chi connectivity index (χ1v) is 13.7. The summed E-state index contributed by atoms with van der Waals surface area (Å²) in [6.45, 7) is 12.0. The minimum atomic E-state index is -1.09. The highest BCUT2D eigenvalue weighted by Crippen LogP contribution is 2.43. The first-order valence-electron chi connectivity index (χ1n) is 13.7. The van der Waals surface area contributed by atoms with Crippen LogP contribution in [0.5, 0.6) is 0 Å². The van der Waals surface area contributed by atoms with Crippen LogP contribution in [0.4, 0.5) is 16.6 Å². The number of amides is 1. The van der Waals surface area contributed by atoms with Gasteiger partial charge in [-0.1, -0.05) is 6.08 Å². The summed E-state index contributed by atoms with van der Waals surface area (Å²) in [5, 5.41) is 0. The van der Waals surface area contributed by atoms with E-state index >= 15 is 0 Å². The fraction of sp³-hybridized carbons (Fsp3) is 0.481. The minimum absolute atomic E-state index is 0.00580. The Balaban J connectivity index is 1.32. The monoisotopic (exact) mass is 614 g/mol. The molecule has 3 aromatic rings. The average molecular weight is 615 g/mol. The molecule has 0 bridgehead atoms. The molecule has 1 amide bonds. The number of aromatic amines is 1. The van der Waals surface area contributed by atoms with Gasteiger partial charge in [0.25, 0.3) is 5.56 Å². The van der Waals surface area contributed by atoms with Gasteiger partial charge in [-0.2, -0.15) is 4.98 Å². The van der Waals surface area contributed by atoms with Crippen molar-refractivity contribution in [3.63, 3.8) is 0 Å². The van der Waals surface area contributed by atoms with E-state index in [-0.39, 0.29) is 41.6 Å². The number of fused-ring (bicyclic) bond motifs is 2. The number of nitrogen functional groups attached to an aromatic ring is 1. The molecule has 0 saturated carbocycles. The molecule has 5 N–H and O–H groups in total. The second-order valence-electron chi connectivity index (χ2n) is 11.6. The normalized spacial score (nSPS) is 22.4. The Hall–Kier alpha value is -4.74. The zero-order chi connectivity index (χ0) is 32.0. The standard InChI is InChI=1S/C27H34N8O9/c1-7-10-34-16-19(30-23(28)31-20(16)36)35(25(34)39)21-18-17(42-27(5,6)43-18)14(41-21)12-40-22(37)13-8-9-15(29-11-13)32-33-24(38)44-26(2,3)4/h7-9,11,14,17-18,21H,1,10,12H2,2-6H3,(H,29,32)(H,33,38)(H3,28,30,31,36)/t14-,17-,18-,21-/m1/s1. The highest BCUT2D eigenvalue weighted by molar-refractivity contribution is 5.89. The van der Waals surface area contributed by atoms with Crippen molar-refractivity contribution in [2.45, 2.75) is 77.1 Å². The third kappa shape index (κ3) is 6.15. The Labute approximate surface area is 250 Å². The van der Waals surface area contributed by atoms with Gasteiger partial charge in [0.2, 0.25) is 5.95 Å². The van der Waals surface area contributed by atoms with Gasteiger partial charge in [0.05, 0.1) is 5.56 Å². The molecule has 5 rings (SSSR count). The van der Waals surface area contributed by atoms with Crippen LogP contribution in [0.15, 0.2) is 40.6 Å². The number of nitrogens with two attached hydrogens (primary N) is 1. The molecule has 236 valence electrons. The van der Waals surface area contributed by atoms with Crippen molar-refractivity contribution >= 4 is 35.0 Å². The molecule has 0 spiro atoms. The molecule has 17 heteroatoms. The highest BCUT2D eigenvalue weighted by Gasteiger charge is 2.57. The van der Waals surface area contributed by atoms with Crippen LogP contribution in [0.25, 0.3) is 11.2 Å². The van der Waals surface area contributed by atoms with E-state index in [2.05, 4.69) is 32.4 Å². The van der Waals surface area contributed by atoms with Crippen LogP contribution in [0.2, 0.25) is 0 Å². The number of hydrogen-bond donors (Lipinski definition) is 4. The predicted molar refractivity (Wildman–Crippen MR) is 154 cm³/mol. The zero-order valence-corrected chi connectivity index (χ0v) is 24.8. The fourth-order valence-electron chi connectivity index (χ4n) is 4.98. The molecule has 2 saturated heterocycles. The molecular formula is C27H34N8O9. The Kier molecular flexibility index (Phi) is 7.96. The van der Waals surface area contributed by atoms with Gasteiger partial charge in [0.15, 0.2) is 23.2 Å². The maximum atomic E-state index is 13.5. The van der Waals surface area contributed by atoms with Gasteiger partial charge in [0.1, 0.15) is 36.3 Å². The van der Waals surface area contributed by atoms with Crippen molar-refractivity contribution in [1.82, 2.24) is 29.5 Å². The van der Waals surface area contributed by atoms with Crippen LogP contribution in [-0.2, 0) is 30.2 Å². The van der Waals surface area contributed by atoms with E-state index in [1.807, 2.05) is 0 Å². The van der Waals surface area contributed by atoms with E-state index in [1.165, 1.54) is 33.5 Å². The fourth-order valence-corrected chi connectivity index (χ4v) is 4.98. The van der Waals surface area contributed by atoms with Crippen LogP contribution in [0.1, 0.15) is 51.2 Å². The maximum absolute atomic E-state index is 13.5. The number of anilines is 2. The van der Waals surface area contributed by atoms with Crippen LogP contribution >= 0.6 is 0 Å². The van der Waals surface area contributed by atoms with Gasteiger partial charge < -0.3 is 29.4 Å². The Bertz CT molecular complexity index is 1700. The summed E-state index contributed by atoms with van der Waals surface area (Å²) < 4.78 is 31.4. The van der Waals surface area contributed by atoms with Gasteiger partial charge in [-0.15, -0.1) is 6.58 Å². The van der Waals surface area contributed by atoms with Gasteiger partial charge in [-0.25, -0.2) is 29.4 Å². The quantitative estimate of drug-likeness (QED) is 0.159. The highest BCUT2D eigenvalue weighted by atomic mass is 16.8. The smallest absolute Gasteiger partial charge is 0.426 e. The summed E-state index contributed by atoms with van der Waals surface area (Å²) in [7, 11) is 0. The molecule has 5 heterocycles. The van der Waals surface area contributed by atoms with Crippen molar-refractivity contribution in [2.24, 2.45) is 0 Å². The number of hydrogen-bond acceptors (Lipinski definition) is 13. The SMILES string of the molecule is C=CCn1c(=O)n([C@@H]2O[C@H](COC(=O)c3ccc(NNC(=O)OC(C)(C)C)nc3)[C@H]3OC(C)(C)O[C@H]32)c2nc(N)[nH]c(=O)c21. The summed E-state index contributed by atoms with van der Waals surface area (Å²) in [6.07, 6.45) is -1.47. The first-order chi connectivity index (χ1) is 20.7. The van der Waals surface area contributed by atoms with E-state index < -0.39 is 59.2 Å². The van der Waals surface area contributed by atoms with Gasteiger partial charge in [0, 0.05) is 12.7 Å². The molecule has 0 aromatic carbocycles. The summed E-state index contributed by atoms with van der Waals surface area (Å²) >= 11 is 0. The molecule has 44 heavy (non-hydrogen) atoms. The third-order valence-corrected chi connectivity index (χ3v) is 6.59. The van der Waals surface area contributed by atoms with Crippen LogP contribution in [-0.4, -0.2) is 72.5 Å². The van der Waals surface area contributed by atoms with Crippen molar-refractivity contribution in [3.8, 4) is 0 Å². The number of hydrazine groups is 1. The van der Waals surface area contributed by atoms with Crippen LogP contribution < -0.4 is 27.8 Å². The largest absolute Gasteiger partial charge is 0.459 e. The molecular weight excluding hydrogens is 580 g/mol. The molecule has 2 fully saturated rings. The van der Waals surface area contributed by atoms with Gasteiger partial charge in [-0.3, -0.25) is 19.8 Å². The molecule has 3 aromatic heterocycles. The third-order valence-electron chi connectivity index (χ3n) is 6.59. The molecule has 4 atom stereocenters. The number of nitrogens with zero attached hydrogens (tertiary/aromatic N) is 4. The Morgan fingerprint density at radius 3 is 2.61 bits per heavy atom. The molecule has 0 aliphatic carbocycles. The second-order valence-corrected chi connectivity index (χ2v) is 11.6. The maximum Gasteiger partial charge on any atom is 0.426 e. The number of esters is 1. The van der Waals surface area contributed by atoms with E-state index in [1.54, 1.807) is 34.6 Å². The number of carbonyl (C=O) groups is 2. The van der Waals surface area contributed by atoms with Crippen molar-refractivity contribution in [3.05, 3.63) is 57.4 Å². The van der Waals surface area contributed by atoms with Crippen molar-refractivity contribution in [2.75, 3.05) is 17.8 Å². The number of allylic oxidation sites excluding steroid dienone is 1. The van der Waals surface area contributed by atoms with E-state index in [0.29, 0.717) is 0 Å². The zero-order valence-electron chi connectivity index (χ0n) is 24.8. The number of rotatable bonds is 8. The molecule has 2 aliphatic heterocycles. The lowest BCUT2D eigenvalue weighted by atomic mass is 10.1. The minimum Gasteiger partial charge on any atom is -0.459 e. The number of nitrogens with one attached hydrogen (secondary N) is 3. The van der Waals surface area contributed by atoms with E-state index in [4.69, 9.17) is 29.4 Å². The summed E-state index contributed by atoms with van der Waals surface area (Å²) in [6, 6.07) is 2.92. The lowest BCUT2D eigenvalue weighted by molar-refractivity contribution is -0.200.